The molecular formula is C14H23N3O. The van der Waals surface area contributed by atoms with Crippen LogP contribution in [-0.2, 0) is 6.54 Å². The molecule has 0 saturated carbocycles. The van der Waals surface area contributed by atoms with Gasteiger partial charge in [-0.1, -0.05) is 0 Å². The average molecular weight is 249 g/mol. The van der Waals surface area contributed by atoms with Crippen LogP contribution in [0.1, 0.15) is 5.56 Å². The minimum atomic E-state index is 0.965. The number of nitrogens with one attached hydrogen (secondary N) is 1. The van der Waals surface area contributed by atoms with Crippen molar-refractivity contribution >= 4 is 5.69 Å². The van der Waals surface area contributed by atoms with Crippen molar-refractivity contribution in [3.05, 3.63) is 23.8 Å². The van der Waals surface area contributed by atoms with Crippen LogP contribution >= 0.6 is 0 Å². The number of rotatable bonds is 4. The van der Waals surface area contributed by atoms with Gasteiger partial charge in [0.05, 0.1) is 7.11 Å². The van der Waals surface area contributed by atoms with Crippen molar-refractivity contribution in [2.75, 3.05) is 52.3 Å². The van der Waals surface area contributed by atoms with Crippen molar-refractivity contribution in [3.63, 3.8) is 0 Å². The smallest absolute Gasteiger partial charge is 0.123 e. The quantitative estimate of drug-likeness (QED) is 0.867. The first kappa shape index (κ1) is 13.2. The Bertz CT molecular complexity index is 387. The lowest BCUT2D eigenvalue weighted by Gasteiger charge is -2.28. The van der Waals surface area contributed by atoms with Crippen molar-refractivity contribution in [2.45, 2.75) is 6.54 Å². The summed E-state index contributed by atoms with van der Waals surface area (Å²) in [6.45, 7) is 5.34. The highest BCUT2D eigenvalue weighted by Crippen LogP contribution is 2.25. The molecule has 0 spiro atoms. The third kappa shape index (κ3) is 3.15. The largest absolute Gasteiger partial charge is 0.496 e. The van der Waals surface area contributed by atoms with Gasteiger partial charge in [0.2, 0.25) is 0 Å². The van der Waals surface area contributed by atoms with E-state index in [2.05, 4.69) is 47.4 Å². The molecule has 1 fully saturated rings. The van der Waals surface area contributed by atoms with Gasteiger partial charge in [0.1, 0.15) is 5.75 Å². The molecule has 18 heavy (non-hydrogen) atoms. The van der Waals surface area contributed by atoms with E-state index in [4.69, 9.17) is 4.74 Å². The van der Waals surface area contributed by atoms with Crippen molar-refractivity contribution in [2.24, 2.45) is 0 Å². The number of methoxy groups -OCH3 is 1. The van der Waals surface area contributed by atoms with Crippen LogP contribution in [0.25, 0.3) is 0 Å². The molecule has 4 heteroatoms. The van der Waals surface area contributed by atoms with Gasteiger partial charge in [0, 0.05) is 58.1 Å². The van der Waals surface area contributed by atoms with Gasteiger partial charge in [-0.25, -0.2) is 0 Å². The number of nitrogens with zero attached hydrogens (tertiary/aromatic N) is 2. The Kier molecular flexibility index (Phi) is 4.44. The predicted molar refractivity (Wildman–Crippen MR) is 75.5 cm³/mol. The van der Waals surface area contributed by atoms with Gasteiger partial charge < -0.3 is 15.0 Å². The van der Waals surface area contributed by atoms with E-state index < -0.39 is 0 Å². The van der Waals surface area contributed by atoms with Gasteiger partial charge in [-0.05, 0) is 18.2 Å². The summed E-state index contributed by atoms with van der Waals surface area (Å²) < 4.78 is 5.46. The molecule has 1 aliphatic rings. The number of benzene rings is 1. The van der Waals surface area contributed by atoms with Crippen LogP contribution in [0.15, 0.2) is 18.2 Å². The summed E-state index contributed by atoms with van der Waals surface area (Å²) in [6, 6.07) is 6.38. The molecule has 100 valence electrons. The van der Waals surface area contributed by atoms with Gasteiger partial charge in [-0.3, -0.25) is 4.90 Å². The molecule has 1 saturated heterocycles. The minimum Gasteiger partial charge on any atom is -0.496 e. The molecule has 0 radical (unpaired) electrons. The maximum absolute atomic E-state index is 5.46. The predicted octanol–water partition coefficient (Wildman–Crippen LogP) is 1.17. The zero-order chi connectivity index (χ0) is 13.0. The molecule has 0 atom stereocenters. The number of hydrogen-bond donors (Lipinski definition) is 1. The summed E-state index contributed by atoms with van der Waals surface area (Å²) in [5.41, 5.74) is 2.49. The normalized spacial score (nSPS) is 16.6. The average Bonchev–Trinajstić information content (AvgIpc) is 2.39. The van der Waals surface area contributed by atoms with Crippen LogP contribution in [0.4, 0.5) is 5.69 Å². The second-order valence-electron chi connectivity index (χ2n) is 4.92. The van der Waals surface area contributed by atoms with E-state index >= 15 is 0 Å². The summed E-state index contributed by atoms with van der Waals surface area (Å²) in [7, 11) is 5.87. The Labute approximate surface area is 110 Å². The summed E-state index contributed by atoms with van der Waals surface area (Å²) in [6.07, 6.45) is 0. The molecule has 0 aromatic heterocycles. The molecular weight excluding hydrogens is 226 g/mol. The van der Waals surface area contributed by atoms with Crippen LogP contribution in [0, 0.1) is 0 Å². The zero-order valence-corrected chi connectivity index (χ0v) is 11.6. The highest BCUT2D eigenvalue weighted by atomic mass is 16.5. The third-order valence-electron chi connectivity index (χ3n) is 3.38. The first-order valence-electron chi connectivity index (χ1n) is 6.48. The topological polar surface area (TPSA) is 27.7 Å². The Morgan fingerprint density at radius 2 is 2.00 bits per heavy atom. The SMILES string of the molecule is COc1ccc(N(C)C)cc1CN1CCNCC1. The number of piperazine rings is 1. The zero-order valence-electron chi connectivity index (χ0n) is 11.6. The summed E-state index contributed by atoms with van der Waals surface area (Å²) in [4.78, 5) is 4.59. The van der Waals surface area contributed by atoms with Crippen LogP contribution in [0.2, 0.25) is 0 Å². The van der Waals surface area contributed by atoms with Gasteiger partial charge in [-0.15, -0.1) is 0 Å². The van der Waals surface area contributed by atoms with E-state index in [0.29, 0.717) is 0 Å². The second kappa shape index (κ2) is 6.07. The molecule has 4 nitrogen and oxygen atoms in total. The fourth-order valence-electron chi connectivity index (χ4n) is 2.28. The van der Waals surface area contributed by atoms with E-state index in [1.165, 1.54) is 11.3 Å². The Morgan fingerprint density at radius 1 is 1.28 bits per heavy atom. The van der Waals surface area contributed by atoms with E-state index in [0.717, 1.165) is 38.5 Å². The summed E-state index contributed by atoms with van der Waals surface area (Å²) >= 11 is 0. The molecule has 0 unspecified atom stereocenters. The summed E-state index contributed by atoms with van der Waals surface area (Å²) in [5, 5.41) is 3.38. The standard InChI is InChI=1S/C14H23N3O/c1-16(2)13-4-5-14(18-3)12(10-13)11-17-8-6-15-7-9-17/h4-5,10,15H,6-9,11H2,1-3H3. The lowest BCUT2D eigenvalue weighted by atomic mass is 10.1. The van der Waals surface area contributed by atoms with Crippen molar-refractivity contribution in [1.29, 1.82) is 0 Å². The Hall–Kier alpha value is -1.26. The van der Waals surface area contributed by atoms with E-state index in [1.54, 1.807) is 7.11 Å². The molecule has 1 N–H and O–H groups in total. The van der Waals surface area contributed by atoms with Crippen LogP contribution in [0.3, 0.4) is 0 Å². The van der Waals surface area contributed by atoms with Crippen molar-refractivity contribution in [1.82, 2.24) is 10.2 Å². The van der Waals surface area contributed by atoms with E-state index in [9.17, 15) is 0 Å². The van der Waals surface area contributed by atoms with Crippen LogP contribution in [0.5, 0.6) is 5.75 Å². The highest BCUT2D eigenvalue weighted by molar-refractivity contribution is 5.52. The first-order valence-corrected chi connectivity index (χ1v) is 6.48. The molecule has 1 aromatic rings. The number of ether oxygens (including phenoxy) is 1. The second-order valence-corrected chi connectivity index (χ2v) is 4.92. The van der Waals surface area contributed by atoms with Crippen LogP contribution in [-0.4, -0.2) is 52.3 Å². The molecule has 1 aliphatic heterocycles. The lowest BCUT2D eigenvalue weighted by molar-refractivity contribution is 0.230. The lowest BCUT2D eigenvalue weighted by Crippen LogP contribution is -2.42. The molecule has 0 aliphatic carbocycles. The van der Waals surface area contributed by atoms with Crippen LogP contribution < -0.4 is 15.0 Å². The Balaban J connectivity index is 2.15. The number of hydrogen-bond acceptors (Lipinski definition) is 4. The maximum atomic E-state index is 5.46. The molecule has 1 aromatic carbocycles. The van der Waals surface area contributed by atoms with E-state index in [1.807, 2.05) is 0 Å². The van der Waals surface area contributed by atoms with Gasteiger partial charge >= 0.3 is 0 Å². The maximum Gasteiger partial charge on any atom is 0.123 e. The van der Waals surface area contributed by atoms with E-state index in [-0.39, 0.29) is 0 Å². The fourth-order valence-corrected chi connectivity index (χ4v) is 2.28. The first-order chi connectivity index (χ1) is 8.70. The van der Waals surface area contributed by atoms with Gasteiger partial charge in [0.25, 0.3) is 0 Å². The Morgan fingerprint density at radius 3 is 2.61 bits per heavy atom. The monoisotopic (exact) mass is 249 g/mol. The fraction of sp³-hybridized carbons (Fsp3) is 0.571. The third-order valence-corrected chi connectivity index (χ3v) is 3.38. The van der Waals surface area contributed by atoms with Crippen molar-refractivity contribution < 1.29 is 4.74 Å². The molecule has 2 rings (SSSR count). The van der Waals surface area contributed by atoms with Gasteiger partial charge in [-0.2, -0.15) is 0 Å². The molecule has 0 bridgehead atoms. The van der Waals surface area contributed by atoms with Gasteiger partial charge in [0.15, 0.2) is 0 Å². The minimum absolute atomic E-state index is 0.965. The molecule has 0 amide bonds. The number of anilines is 1. The molecule has 1 heterocycles. The summed E-state index contributed by atoms with van der Waals surface area (Å²) in [5.74, 6) is 0.985. The van der Waals surface area contributed by atoms with Crippen molar-refractivity contribution in [3.8, 4) is 5.75 Å². The highest BCUT2D eigenvalue weighted by Gasteiger charge is 2.13.